The second-order valence-electron chi connectivity index (χ2n) is 5.47. The van der Waals surface area contributed by atoms with E-state index in [1.807, 2.05) is 59.5 Å². The van der Waals surface area contributed by atoms with Crippen LogP contribution in [0.15, 0.2) is 64.8 Å². The molecule has 0 radical (unpaired) electrons. The lowest BCUT2D eigenvalue weighted by molar-refractivity contribution is -0.118. The number of hydrogen-bond donors (Lipinski definition) is 2. The average Bonchev–Trinajstić information content (AvgIpc) is 2.61. The van der Waals surface area contributed by atoms with Gasteiger partial charge in [-0.25, -0.2) is 0 Å². The standard InChI is InChI=1S/C18H21N5O2/c19-17(24)10-12-23(13-11-18(20)25)16-8-6-15(7-9-16)22-21-14-4-2-1-3-5-14/h1-9H,10-13H2,(H2,19,24)(H2,20,25). The molecule has 0 aliphatic carbocycles. The van der Waals surface area contributed by atoms with Crippen LogP contribution in [0.4, 0.5) is 17.1 Å². The maximum absolute atomic E-state index is 11.0. The van der Waals surface area contributed by atoms with Crippen LogP contribution in [0.1, 0.15) is 12.8 Å². The summed E-state index contributed by atoms with van der Waals surface area (Å²) in [6.07, 6.45) is 0.405. The van der Waals surface area contributed by atoms with Crippen LogP contribution < -0.4 is 16.4 Å². The Kier molecular flexibility index (Phi) is 6.65. The summed E-state index contributed by atoms with van der Waals surface area (Å²) in [4.78, 5) is 23.9. The number of primary amides is 2. The minimum atomic E-state index is -0.391. The largest absolute Gasteiger partial charge is 0.370 e. The van der Waals surface area contributed by atoms with Gasteiger partial charge >= 0.3 is 0 Å². The fourth-order valence-electron chi connectivity index (χ4n) is 2.20. The van der Waals surface area contributed by atoms with Crippen LogP contribution in [0.3, 0.4) is 0 Å². The SMILES string of the molecule is NC(=O)CCN(CCC(N)=O)c1ccc(N=Nc2ccccc2)cc1. The van der Waals surface area contributed by atoms with Crippen LogP contribution in [0.5, 0.6) is 0 Å². The van der Waals surface area contributed by atoms with Gasteiger partial charge in [0.25, 0.3) is 0 Å². The van der Waals surface area contributed by atoms with Gasteiger partial charge < -0.3 is 16.4 Å². The molecular weight excluding hydrogens is 318 g/mol. The molecule has 0 saturated heterocycles. The number of carbonyl (C=O) groups excluding carboxylic acids is 2. The smallest absolute Gasteiger partial charge is 0.219 e. The van der Waals surface area contributed by atoms with Crippen molar-refractivity contribution in [3.8, 4) is 0 Å². The molecule has 0 unspecified atom stereocenters. The first-order valence-electron chi connectivity index (χ1n) is 7.93. The van der Waals surface area contributed by atoms with E-state index in [9.17, 15) is 9.59 Å². The van der Waals surface area contributed by atoms with Gasteiger partial charge in [0.05, 0.1) is 11.4 Å². The third-order valence-electron chi connectivity index (χ3n) is 3.51. The van der Waals surface area contributed by atoms with E-state index in [1.165, 1.54) is 0 Å². The van der Waals surface area contributed by atoms with E-state index < -0.39 is 11.8 Å². The summed E-state index contributed by atoms with van der Waals surface area (Å²) < 4.78 is 0. The molecule has 0 bridgehead atoms. The highest BCUT2D eigenvalue weighted by Gasteiger charge is 2.09. The maximum Gasteiger partial charge on any atom is 0.219 e. The Labute approximate surface area is 146 Å². The lowest BCUT2D eigenvalue weighted by atomic mass is 10.2. The van der Waals surface area contributed by atoms with Gasteiger partial charge in [0.2, 0.25) is 11.8 Å². The van der Waals surface area contributed by atoms with Gasteiger partial charge in [0, 0.05) is 31.6 Å². The molecule has 2 aromatic rings. The molecule has 0 aliphatic rings. The molecule has 25 heavy (non-hydrogen) atoms. The maximum atomic E-state index is 11.0. The van der Waals surface area contributed by atoms with Crippen molar-refractivity contribution in [2.75, 3.05) is 18.0 Å². The molecule has 130 valence electrons. The molecular formula is C18H21N5O2. The van der Waals surface area contributed by atoms with Crippen LogP contribution in [0.25, 0.3) is 0 Å². The Morgan fingerprint density at radius 2 is 1.24 bits per heavy atom. The number of nitrogens with two attached hydrogens (primary N) is 2. The molecule has 4 N–H and O–H groups in total. The van der Waals surface area contributed by atoms with Gasteiger partial charge in [-0.15, -0.1) is 0 Å². The highest BCUT2D eigenvalue weighted by molar-refractivity contribution is 5.75. The molecule has 0 heterocycles. The number of azo groups is 1. The van der Waals surface area contributed by atoms with E-state index in [0.29, 0.717) is 18.8 Å². The molecule has 0 aliphatic heterocycles. The second-order valence-corrected chi connectivity index (χ2v) is 5.47. The van der Waals surface area contributed by atoms with Gasteiger partial charge in [-0.1, -0.05) is 18.2 Å². The van der Waals surface area contributed by atoms with Gasteiger partial charge in [0.1, 0.15) is 0 Å². The minimum absolute atomic E-state index is 0.203. The zero-order valence-electron chi connectivity index (χ0n) is 13.8. The van der Waals surface area contributed by atoms with Gasteiger partial charge in [-0.3, -0.25) is 9.59 Å². The molecule has 0 fully saturated rings. The molecule has 2 rings (SSSR count). The van der Waals surface area contributed by atoms with E-state index >= 15 is 0 Å². The molecule has 7 nitrogen and oxygen atoms in total. The Morgan fingerprint density at radius 3 is 1.72 bits per heavy atom. The molecule has 0 atom stereocenters. The number of carbonyl (C=O) groups is 2. The van der Waals surface area contributed by atoms with E-state index in [-0.39, 0.29) is 12.8 Å². The van der Waals surface area contributed by atoms with Gasteiger partial charge in [0.15, 0.2) is 0 Å². The summed E-state index contributed by atoms with van der Waals surface area (Å²) in [7, 11) is 0. The highest BCUT2D eigenvalue weighted by Crippen LogP contribution is 2.22. The first-order valence-corrected chi connectivity index (χ1v) is 7.93. The third-order valence-corrected chi connectivity index (χ3v) is 3.51. The quantitative estimate of drug-likeness (QED) is 0.684. The van der Waals surface area contributed by atoms with Crippen LogP contribution in [-0.2, 0) is 9.59 Å². The monoisotopic (exact) mass is 339 g/mol. The van der Waals surface area contributed by atoms with Crippen molar-refractivity contribution in [3.05, 3.63) is 54.6 Å². The van der Waals surface area contributed by atoms with Crippen LogP contribution >= 0.6 is 0 Å². The predicted molar refractivity (Wildman–Crippen MR) is 96.9 cm³/mol. The summed E-state index contributed by atoms with van der Waals surface area (Å²) >= 11 is 0. The van der Waals surface area contributed by atoms with E-state index in [4.69, 9.17) is 11.5 Å². The summed E-state index contributed by atoms with van der Waals surface area (Å²) in [6.45, 7) is 0.848. The molecule has 0 aromatic heterocycles. The molecule has 2 amide bonds. The van der Waals surface area contributed by atoms with Crippen molar-refractivity contribution in [2.45, 2.75) is 12.8 Å². The Bertz CT molecular complexity index is 711. The third kappa shape index (κ3) is 6.42. The van der Waals surface area contributed by atoms with Crippen LogP contribution in [-0.4, -0.2) is 24.9 Å². The van der Waals surface area contributed by atoms with E-state index in [1.54, 1.807) is 0 Å². The van der Waals surface area contributed by atoms with Gasteiger partial charge in [-0.05, 0) is 36.4 Å². The molecule has 7 heteroatoms. The Balaban J connectivity index is 2.06. The summed E-state index contributed by atoms with van der Waals surface area (Å²) in [5.74, 6) is -0.783. The Morgan fingerprint density at radius 1 is 0.760 bits per heavy atom. The number of nitrogens with zero attached hydrogens (tertiary/aromatic N) is 3. The van der Waals surface area contributed by atoms with Gasteiger partial charge in [-0.2, -0.15) is 10.2 Å². The summed E-state index contributed by atoms with van der Waals surface area (Å²) in [6, 6.07) is 16.8. The number of hydrogen-bond acceptors (Lipinski definition) is 5. The lowest BCUT2D eigenvalue weighted by Crippen LogP contribution is -2.31. The van der Waals surface area contributed by atoms with Crippen molar-refractivity contribution in [2.24, 2.45) is 21.7 Å². The summed E-state index contributed by atoms with van der Waals surface area (Å²) in [5.41, 5.74) is 12.8. The predicted octanol–water partition coefficient (Wildman–Crippen LogP) is 2.66. The zero-order chi connectivity index (χ0) is 18.1. The fourth-order valence-corrected chi connectivity index (χ4v) is 2.20. The Hall–Kier alpha value is -3.22. The van der Waals surface area contributed by atoms with E-state index in [0.717, 1.165) is 11.4 Å². The number of benzene rings is 2. The van der Waals surface area contributed by atoms with Crippen molar-refractivity contribution >= 4 is 28.9 Å². The highest BCUT2D eigenvalue weighted by atomic mass is 16.1. The number of rotatable bonds is 9. The van der Waals surface area contributed by atoms with Crippen LogP contribution in [0, 0.1) is 0 Å². The lowest BCUT2D eigenvalue weighted by Gasteiger charge is -2.23. The zero-order valence-corrected chi connectivity index (χ0v) is 13.8. The van der Waals surface area contributed by atoms with Crippen molar-refractivity contribution < 1.29 is 9.59 Å². The van der Waals surface area contributed by atoms with E-state index in [2.05, 4.69) is 10.2 Å². The van der Waals surface area contributed by atoms with Crippen molar-refractivity contribution in [1.82, 2.24) is 0 Å². The molecule has 0 saturated carbocycles. The normalized spacial score (nSPS) is 10.7. The minimum Gasteiger partial charge on any atom is -0.370 e. The fraction of sp³-hybridized carbons (Fsp3) is 0.222. The van der Waals surface area contributed by atoms with Crippen molar-refractivity contribution in [3.63, 3.8) is 0 Å². The first-order chi connectivity index (χ1) is 12.0. The average molecular weight is 339 g/mol. The topological polar surface area (TPSA) is 114 Å². The number of amides is 2. The molecule has 0 spiro atoms. The first kappa shape index (κ1) is 18.1. The number of anilines is 1. The van der Waals surface area contributed by atoms with Crippen molar-refractivity contribution in [1.29, 1.82) is 0 Å². The summed E-state index contributed by atoms with van der Waals surface area (Å²) in [5, 5.41) is 8.34. The van der Waals surface area contributed by atoms with Crippen LogP contribution in [0.2, 0.25) is 0 Å². The second kappa shape index (κ2) is 9.17. The molecule has 2 aromatic carbocycles.